The second-order valence-corrected chi connectivity index (χ2v) is 9.42. The Morgan fingerprint density at radius 2 is 1.66 bits per heavy atom. The summed E-state index contributed by atoms with van der Waals surface area (Å²) in [7, 11) is -4.09. The third-order valence-corrected chi connectivity index (χ3v) is 6.69. The Morgan fingerprint density at radius 1 is 0.886 bits per heavy atom. The van der Waals surface area contributed by atoms with Crippen LogP contribution in [0.2, 0.25) is 0 Å². The lowest BCUT2D eigenvalue weighted by Gasteiger charge is -2.10. The van der Waals surface area contributed by atoms with Crippen molar-refractivity contribution in [2.24, 2.45) is 0 Å². The van der Waals surface area contributed by atoms with Gasteiger partial charge in [-0.25, -0.2) is 17.8 Å². The summed E-state index contributed by atoms with van der Waals surface area (Å²) < 4.78 is 43.4. The molecule has 0 aliphatic carbocycles. The second kappa shape index (κ2) is 9.03. The van der Waals surface area contributed by atoms with Crippen LogP contribution in [0, 0.1) is 5.82 Å². The van der Waals surface area contributed by atoms with Crippen molar-refractivity contribution < 1.29 is 17.6 Å². The molecule has 0 spiro atoms. The normalized spacial score (nSPS) is 11.3. The minimum atomic E-state index is -4.09. The summed E-state index contributed by atoms with van der Waals surface area (Å²) in [5.41, 5.74) is 3.03. The molecule has 2 heterocycles. The summed E-state index contributed by atoms with van der Waals surface area (Å²) in [6.45, 7) is 0. The number of halogens is 1. The first-order valence-electron chi connectivity index (χ1n) is 10.6. The first-order valence-corrected chi connectivity index (χ1v) is 12.1. The monoisotopic (exact) mass is 486 g/mol. The van der Waals surface area contributed by atoms with Crippen LogP contribution in [0.3, 0.4) is 0 Å². The number of rotatable bonds is 6. The molecular weight excluding hydrogens is 467 g/mol. The molecule has 0 radical (unpaired) electrons. The molecule has 3 aromatic carbocycles. The molecule has 0 aliphatic rings. The van der Waals surface area contributed by atoms with E-state index in [1.807, 2.05) is 47.1 Å². The zero-order valence-electron chi connectivity index (χ0n) is 18.2. The van der Waals surface area contributed by atoms with Gasteiger partial charge in [-0.2, -0.15) is 0 Å². The number of amides is 1. The summed E-state index contributed by atoms with van der Waals surface area (Å²) in [5.74, 6) is -1.18. The fourth-order valence-corrected chi connectivity index (χ4v) is 4.67. The summed E-state index contributed by atoms with van der Waals surface area (Å²) in [4.78, 5) is 17.2. The highest BCUT2D eigenvalue weighted by atomic mass is 32.2. The summed E-state index contributed by atoms with van der Waals surface area (Å²) in [5, 5.41) is 2.76. The summed E-state index contributed by atoms with van der Waals surface area (Å²) in [6.07, 6.45) is 3.84. The molecule has 2 aromatic heterocycles. The molecule has 1 amide bonds. The number of fused-ring (bicyclic) bond motifs is 1. The standard InChI is InChI=1S/C26H19FN4O3S/c27-22-8-1-2-9-23(22)30-35(33,34)21-7-5-6-19(16-21)26(32)28-20-13-11-18(12-14-20)24-17-31-15-4-3-10-25(31)29-24/h1-17,30H,(H,28,32). The van der Waals surface area contributed by atoms with E-state index in [4.69, 9.17) is 0 Å². The van der Waals surface area contributed by atoms with Crippen molar-refractivity contribution in [1.29, 1.82) is 0 Å². The summed E-state index contributed by atoms with van der Waals surface area (Å²) >= 11 is 0. The van der Waals surface area contributed by atoms with Gasteiger partial charge in [-0.3, -0.25) is 9.52 Å². The lowest BCUT2D eigenvalue weighted by atomic mass is 10.1. The molecular formula is C26H19FN4O3S. The minimum absolute atomic E-state index is 0.144. The van der Waals surface area contributed by atoms with Gasteiger partial charge in [0.25, 0.3) is 15.9 Å². The third kappa shape index (κ3) is 4.75. The van der Waals surface area contributed by atoms with Crippen molar-refractivity contribution >= 4 is 33.0 Å². The van der Waals surface area contributed by atoms with Crippen molar-refractivity contribution in [3.05, 3.63) is 115 Å². The number of sulfonamides is 1. The number of imidazole rings is 1. The molecule has 2 N–H and O–H groups in total. The maximum atomic E-state index is 13.9. The van der Waals surface area contributed by atoms with Gasteiger partial charge in [0.15, 0.2) is 0 Å². The van der Waals surface area contributed by atoms with Gasteiger partial charge in [-0.15, -0.1) is 0 Å². The van der Waals surface area contributed by atoms with Crippen LogP contribution in [0.5, 0.6) is 0 Å². The first-order chi connectivity index (χ1) is 16.9. The van der Waals surface area contributed by atoms with Crippen molar-refractivity contribution in [2.75, 3.05) is 10.0 Å². The largest absolute Gasteiger partial charge is 0.322 e. The van der Waals surface area contributed by atoms with E-state index in [0.29, 0.717) is 5.69 Å². The molecule has 5 aromatic rings. The lowest BCUT2D eigenvalue weighted by molar-refractivity contribution is 0.102. The van der Waals surface area contributed by atoms with Crippen molar-refractivity contribution in [2.45, 2.75) is 4.90 Å². The zero-order valence-corrected chi connectivity index (χ0v) is 19.0. The van der Waals surface area contributed by atoms with Gasteiger partial charge in [0, 0.05) is 29.2 Å². The van der Waals surface area contributed by atoms with Crippen LogP contribution in [0.25, 0.3) is 16.9 Å². The first kappa shape index (κ1) is 22.3. The Morgan fingerprint density at radius 3 is 2.43 bits per heavy atom. The molecule has 7 nitrogen and oxygen atoms in total. The van der Waals surface area contributed by atoms with E-state index in [0.717, 1.165) is 23.0 Å². The summed E-state index contributed by atoms with van der Waals surface area (Å²) in [6, 6.07) is 23.9. The van der Waals surface area contributed by atoms with Crippen molar-refractivity contribution in [3.63, 3.8) is 0 Å². The third-order valence-electron chi connectivity index (χ3n) is 5.33. The number of para-hydroxylation sites is 1. The highest BCUT2D eigenvalue weighted by molar-refractivity contribution is 7.92. The molecule has 174 valence electrons. The SMILES string of the molecule is O=C(Nc1ccc(-c2cn3ccccc3n2)cc1)c1cccc(S(=O)(=O)Nc2ccccc2F)c1. The molecule has 0 unspecified atom stereocenters. The Bertz CT molecular complexity index is 1610. The van der Waals surface area contributed by atoms with Crippen LogP contribution in [-0.4, -0.2) is 23.7 Å². The molecule has 0 bridgehead atoms. The lowest BCUT2D eigenvalue weighted by Crippen LogP contribution is -2.16. The number of nitrogens with zero attached hydrogens (tertiary/aromatic N) is 2. The zero-order chi connectivity index (χ0) is 24.4. The number of pyridine rings is 1. The molecule has 0 fully saturated rings. The molecule has 0 atom stereocenters. The van der Waals surface area contributed by atoms with Gasteiger partial charge in [0.2, 0.25) is 0 Å². The maximum absolute atomic E-state index is 13.9. The van der Waals surface area contributed by atoms with E-state index in [1.54, 1.807) is 12.1 Å². The van der Waals surface area contributed by atoms with E-state index in [1.165, 1.54) is 42.5 Å². The van der Waals surface area contributed by atoms with E-state index in [2.05, 4.69) is 15.0 Å². The van der Waals surface area contributed by atoms with Crippen LogP contribution < -0.4 is 10.0 Å². The predicted octanol–water partition coefficient (Wildman–Crippen LogP) is 5.19. The number of carbonyl (C=O) groups is 1. The van der Waals surface area contributed by atoms with Gasteiger partial charge in [-0.05, 0) is 54.6 Å². The molecule has 0 saturated heterocycles. The Hall–Kier alpha value is -4.50. The van der Waals surface area contributed by atoms with E-state index in [-0.39, 0.29) is 16.1 Å². The Labute approximate surface area is 200 Å². The Kier molecular flexibility index (Phi) is 5.76. The minimum Gasteiger partial charge on any atom is -0.322 e. The second-order valence-electron chi connectivity index (χ2n) is 7.74. The van der Waals surface area contributed by atoms with E-state index >= 15 is 0 Å². The predicted molar refractivity (Wildman–Crippen MR) is 132 cm³/mol. The fourth-order valence-electron chi connectivity index (χ4n) is 3.55. The molecule has 0 aliphatic heterocycles. The fraction of sp³-hybridized carbons (Fsp3) is 0. The maximum Gasteiger partial charge on any atom is 0.262 e. The van der Waals surface area contributed by atoms with Gasteiger partial charge < -0.3 is 9.72 Å². The van der Waals surface area contributed by atoms with Gasteiger partial charge in [-0.1, -0.05) is 36.4 Å². The topological polar surface area (TPSA) is 92.6 Å². The number of aromatic nitrogens is 2. The molecule has 0 saturated carbocycles. The number of hydrogen-bond donors (Lipinski definition) is 2. The van der Waals surface area contributed by atoms with E-state index < -0.39 is 21.7 Å². The van der Waals surface area contributed by atoms with Crippen LogP contribution in [0.15, 0.2) is 108 Å². The number of carbonyl (C=O) groups excluding carboxylic acids is 1. The van der Waals surface area contributed by atoms with Crippen LogP contribution in [0.1, 0.15) is 10.4 Å². The highest BCUT2D eigenvalue weighted by Crippen LogP contribution is 2.23. The number of hydrogen-bond acceptors (Lipinski definition) is 4. The number of nitrogens with one attached hydrogen (secondary N) is 2. The van der Waals surface area contributed by atoms with Crippen molar-refractivity contribution in [3.8, 4) is 11.3 Å². The molecule has 9 heteroatoms. The average molecular weight is 487 g/mol. The van der Waals surface area contributed by atoms with Crippen LogP contribution in [0.4, 0.5) is 15.8 Å². The van der Waals surface area contributed by atoms with E-state index in [9.17, 15) is 17.6 Å². The van der Waals surface area contributed by atoms with Crippen LogP contribution >= 0.6 is 0 Å². The van der Waals surface area contributed by atoms with Gasteiger partial charge in [0.1, 0.15) is 11.5 Å². The van der Waals surface area contributed by atoms with Gasteiger partial charge >= 0.3 is 0 Å². The molecule has 5 rings (SSSR count). The number of benzene rings is 3. The van der Waals surface area contributed by atoms with Crippen molar-refractivity contribution in [1.82, 2.24) is 9.38 Å². The smallest absolute Gasteiger partial charge is 0.262 e. The van der Waals surface area contributed by atoms with Gasteiger partial charge in [0.05, 0.1) is 16.3 Å². The average Bonchev–Trinajstić information content (AvgIpc) is 3.30. The Balaban J connectivity index is 1.32. The highest BCUT2D eigenvalue weighted by Gasteiger charge is 2.18. The quantitative estimate of drug-likeness (QED) is 0.345. The van der Waals surface area contributed by atoms with Crippen LogP contribution in [-0.2, 0) is 10.0 Å². The number of anilines is 2. The molecule has 35 heavy (non-hydrogen) atoms.